The summed E-state index contributed by atoms with van der Waals surface area (Å²) >= 11 is 6.72. The van der Waals surface area contributed by atoms with Crippen LogP contribution in [-0.2, 0) is 6.42 Å². The first-order chi connectivity index (χ1) is 14.2. The van der Waals surface area contributed by atoms with E-state index in [-0.39, 0.29) is 11.7 Å². The maximum Gasteiger partial charge on any atom is 0.181 e. The van der Waals surface area contributed by atoms with Crippen LogP contribution in [0.5, 0.6) is 5.75 Å². The molecule has 0 spiro atoms. The van der Waals surface area contributed by atoms with E-state index >= 15 is 0 Å². The lowest BCUT2D eigenvalue weighted by molar-refractivity contribution is 0.388. The van der Waals surface area contributed by atoms with Crippen molar-refractivity contribution in [1.82, 2.24) is 14.6 Å². The van der Waals surface area contributed by atoms with Gasteiger partial charge in [0.05, 0.1) is 12.8 Å². The molecule has 5 rings (SSSR count). The Bertz CT molecular complexity index is 1040. The molecule has 0 unspecified atom stereocenters. The van der Waals surface area contributed by atoms with E-state index in [0.29, 0.717) is 16.3 Å². The molecular weight excluding hydrogens is 391 g/mol. The van der Waals surface area contributed by atoms with Gasteiger partial charge in [0, 0.05) is 31.3 Å². The van der Waals surface area contributed by atoms with Gasteiger partial charge in [-0.25, -0.2) is 4.39 Å². The van der Waals surface area contributed by atoms with Gasteiger partial charge in [0.2, 0.25) is 0 Å². The van der Waals surface area contributed by atoms with E-state index in [4.69, 9.17) is 16.3 Å². The van der Waals surface area contributed by atoms with Gasteiger partial charge in [-0.1, -0.05) is 17.7 Å². The van der Waals surface area contributed by atoms with Crippen molar-refractivity contribution < 1.29 is 9.13 Å². The highest BCUT2D eigenvalue weighted by Crippen LogP contribution is 2.39. The Hall–Kier alpha value is -2.34. The van der Waals surface area contributed by atoms with Crippen molar-refractivity contribution in [3.05, 3.63) is 52.7 Å². The number of fused-ring (bicyclic) bond motifs is 1. The van der Waals surface area contributed by atoms with Crippen LogP contribution in [0, 0.1) is 11.7 Å². The number of aromatic nitrogens is 3. The number of piperidine rings is 1. The van der Waals surface area contributed by atoms with Crippen LogP contribution in [0.4, 0.5) is 10.1 Å². The minimum atomic E-state index is -0.186. The van der Waals surface area contributed by atoms with Gasteiger partial charge in [0.15, 0.2) is 5.65 Å². The van der Waals surface area contributed by atoms with Crippen molar-refractivity contribution in [2.45, 2.75) is 38.0 Å². The predicted molar refractivity (Wildman–Crippen MR) is 112 cm³/mol. The number of rotatable bonds is 5. The zero-order valence-corrected chi connectivity index (χ0v) is 17.2. The van der Waals surface area contributed by atoms with Crippen molar-refractivity contribution in [3.63, 3.8) is 0 Å². The third-order valence-electron chi connectivity index (χ3n) is 6.21. The molecule has 29 heavy (non-hydrogen) atoms. The molecule has 2 aliphatic rings. The molecule has 3 heterocycles. The summed E-state index contributed by atoms with van der Waals surface area (Å²) in [6, 6.07) is 7.09. The molecule has 2 aromatic heterocycles. The molecule has 1 saturated heterocycles. The van der Waals surface area contributed by atoms with E-state index < -0.39 is 0 Å². The van der Waals surface area contributed by atoms with Crippen molar-refractivity contribution in [2.75, 3.05) is 25.1 Å². The summed E-state index contributed by atoms with van der Waals surface area (Å²) in [4.78, 5) is 2.27. The molecule has 1 saturated carbocycles. The average molecular weight is 415 g/mol. The molecule has 1 aliphatic carbocycles. The molecule has 0 atom stereocenters. The number of hydrogen-bond donors (Lipinski definition) is 0. The zero-order chi connectivity index (χ0) is 20.0. The van der Waals surface area contributed by atoms with E-state index in [1.54, 1.807) is 13.2 Å². The number of nitrogens with zero attached hydrogens (tertiary/aromatic N) is 4. The van der Waals surface area contributed by atoms with Gasteiger partial charge in [-0.3, -0.25) is 4.40 Å². The quantitative estimate of drug-likeness (QED) is 0.597. The van der Waals surface area contributed by atoms with Crippen LogP contribution in [0.15, 0.2) is 30.5 Å². The van der Waals surface area contributed by atoms with Crippen LogP contribution in [0.1, 0.15) is 43.0 Å². The number of anilines is 1. The number of methoxy groups -OCH3 is 1. The first-order valence-electron chi connectivity index (χ1n) is 10.2. The Morgan fingerprint density at radius 3 is 2.66 bits per heavy atom. The normalized spacial score (nSPS) is 17.8. The smallest absolute Gasteiger partial charge is 0.181 e. The molecule has 5 nitrogen and oxygen atoms in total. The Kier molecular flexibility index (Phi) is 4.82. The first kappa shape index (κ1) is 18.7. The molecule has 1 aromatic carbocycles. The lowest BCUT2D eigenvalue weighted by Crippen LogP contribution is -2.33. The third kappa shape index (κ3) is 3.44. The highest BCUT2D eigenvalue weighted by molar-refractivity contribution is 6.36. The average Bonchev–Trinajstić information content (AvgIpc) is 3.46. The molecule has 2 fully saturated rings. The molecule has 152 valence electrons. The standard InChI is InChI=1S/C22H24ClFN4O/c1-29-18-4-2-3-16(24)20(18)15-7-10-27(11-8-15)17-9-12-28-19(13-14-5-6-14)25-26-22(28)21(17)23/h2-4,9,12,14-15H,5-8,10-11,13H2,1H3. The van der Waals surface area contributed by atoms with E-state index in [9.17, 15) is 4.39 Å². The fraction of sp³-hybridized carbons (Fsp3) is 0.455. The number of benzene rings is 1. The summed E-state index contributed by atoms with van der Waals surface area (Å²) in [5.41, 5.74) is 2.39. The van der Waals surface area contributed by atoms with Crippen molar-refractivity contribution >= 4 is 22.9 Å². The lowest BCUT2D eigenvalue weighted by Gasteiger charge is -2.34. The summed E-state index contributed by atoms with van der Waals surface area (Å²) in [5, 5.41) is 9.34. The molecule has 0 radical (unpaired) electrons. The lowest BCUT2D eigenvalue weighted by atomic mass is 9.88. The van der Waals surface area contributed by atoms with Crippen LogP contribution in [0.25, 0.3) is 5.65 Å². The summed E-state index contributed by atoms with van der Waals surface area (Å²) in [6.45, 7) is 1.61. The maximum atomic E-state index is 14.4. The van der Waals surface area contributed by atoms with Gasteiger partial charge in [-0.15, -0.1) is 10.2 Å². The maximum absolute atomic E-state index is 14.4. The van der Waals surface area contributed by atoms with Crippen LogP contribution < -0.4 is 9.64 Å². The van der Waals surface area contributed by atoms with Gasteiger partial charge in [-0.2, -0.15) is 0 Å². The fourth-order valence-electron chi connectivity index (χ4n) is 4.43. The van der Waals surface area contributed by atoms with Crippen LogP contribution >= 0.6 is 11.6 Å². The largest absolute Gasteiger partial charge is 0.496 e. The monoisotopic (exact) mass is 414 g/mol. The second-order valence-corrected chi connectivity index (χ2v) is 8.47. The molecule has 3 aromatic rings. The summed E-state index contributed by atoms with van der Waals surface area (Å²) in [6.07, 6.45) is 7.24. The van der Waals surface area contributed by atoms with Gasteiger partial charge < -0.3 is 9.64 Å². The molecule has 1 aliphatic heterocycles. The predicted octanol–water partition coefficient (Wildman–Crippen LogP) is 4.87. The highest BCUT2D eigenvalue weighted by Gasteiger charge is 2.28. The minimum Gasteiger partial charge on any atom is -0.496 e. The fourth-order valence-corrected chi connectivity index (χ4v) is 4.74. The second-order valence-electron chi connectivity index (χ2n) is 8.09. The first-order valence-corrected chi connectivity index (χ1v) is 10.6. The topological polar surface area (TPSA) is 42.7 Å². The summed E-state index contributed by atoms with van der Waals surface area (Å²) in [5.74, 6) is 2.32. The Morgan fingerprint density at radius 2 is 1.93 bits per heavy atom. The van der Waals surface area contributed by atoms with Gasteiger partial charge in [0.1, 0.15) is 22.4 Å². The number of ether oxygens (including phenoxy) is 1. The van der Waals surface area contributed by atoms with E-state index in [1.807, 2.05) is 16.7 Å². The van der Waals surface area contributed by atoms with E-state index in [1.165, 1.54) is 18.9 Å². The zero-order valence-electron chi connectivity index (χ0n) is 16.4. The van der Waals surface area contributed by atoms with Gasteiger partial charge >= 0.3 is 0 Å². The number of halogens is 2. The molecular formula is C22H24ClFN4O. The third-order valence-corrected chi connectivity index (χ3v) is 6.58. The van der Waals surface area contributed by atoms with Crippen molar-refractivity contribution in [3.8, 4) is 5.75 Å². The Balaban J connectivity index is 1.36. The van der Waals surface area contributed by atoms with Crippen molar-refractivity contribution in [2.24, 2.45) is 5.92 Å². The van der Waals surface area contributed by atoms with Gasteiger partial charge in [-0.05, 0) is 55.7 Å². The highest BCUT2D eigenvalue weighted by atomic mass is 35.5. The van der Waals surface area contributed by atoms with Gasteiger partial charge in [0.25, 0.3) is 0 Å². The van der Waals surface area contributed by atoms with E-state index in [2.05, 4.69) is 21.2 Å². The SMILES string of the molecule is COc1cccc(F)c1C1CCN(c2ccn3c(CC4CC4)nnc3c2Cl)CC1. The van der Waals surface area contributed by atoms with Crippen molar-refractivity contribution in [1.29, 1.82) is 0 Å². The molecule has 0 bridgehead atoms. The summed E-state index contributed by atoms with van der Waals surface area (Å²) < 4.78 is 21.9. The number of hydrogen-bond acceptors (Lipinski definition) is 4. The second kappa shape index (κ2) is 7.48. The van der Waals surface area contributed by atoms with E-state index in [0.717, 1.165) is 55.4 Å². The van der Waals surface area contributed by atoms with Crippen LogP contribution in [0.2, 0.25) is 5.02 Å². The van der Waals surface area contributed by atoms with Crippen LogP contribution in [0.3, 0.4) is 0 Å². The number of pyridine rings is 1. The van der Waals surface area contributed by atoms with Crippen LogP contribution in [-0.4, -0.2) is 34.8 Å². The molecule has 0 N–H and O–H groups in total. The summed E-state index contributed by atoms with van der Waals surface area (Å²) in [7, 11) is 1.60. The minimum absolute atomic E-state index is 0.142. The molecule has 0 amide bonds. The Labute approximate surface area is 174 Å². The Morgan fingerprint density at radius 1 is 1.14 bits per heavy atom. The molecule has 7 heteroatoms.